The maximum atomic E-state index is 15.4. The monoisotopic (exact) mass is 530 g/mol. The first kappa shape index (κ1) is 23.8. The minimum atomic E-state index is -0.793. The fourth-order valence-electron chi connectivity index (χ4n) is 5.86. The van der Waals surface area contributed by atoms with Gasteiger partial charge in [-0.15, -0.1) is 0 Å². The van der Waals surface area contributed by atoms with Crippen molar-refractivity contribution < 1.29 is 22.7 Å². The largest absolute Gasteiger partial charge is 0.463 e. The molecular weight excluding hydrogens is 506 g/mol. The molecule has 0 bridgehead atoms. The number of hydrogen-bond acceptors (Lipinski definition) is 5. The molecule has 5 aromatic rings. The van der Waals surface area contributed by atoms with E-state index in [9.17, 15) is 9.59 Å². The molecule has 1 aliphatic heterocycles. The number of nitrogens with one attached hydrogen (secondary N) is 1. The topological polar surface area (TPSA) is 91.3 Å². The Morgan fingerprint density at radius 1 is 1.13 bits per heavy atom. The number of fused-ring (bicyclic) bond motifs is 2. The second kappa shape index (κ2) is 8.60. The van der Waals surface area contributed by atoms with Crippen LogP contribution >= 0.6 is 0 Å². The molecule has 4 heterocycles. The highest BCUT2D eigenvalue weighted by Gasteiger charge is 2.50. The average molecular weight is 531 g/mol. The molecule has 10 heteroatoms. The molecule has 1 aliphatic carbocycles. The van der Waals surface area contributed by atoms with E-state index in [2.05, 4.69) is 10.4 Å². The Bertz CT molecular complexity index is 1820. The Hall–Kier alpha value is -4.31. The van der Waals surface area contributed by atoms with E-state index in [1.807, 2.05) is 6.07 Å². The third kappa shape index (κ3) is 3.85. The van der Waals surface area contributed by atoms with Crippen LogP contribution in [0, 0.1) is 17.0 Å². The van der Waals surface area contributed by atoms with Gasteiger partial charge in [0.2, 0.25) is 0 Å². The van der Waals surface area contributed by atoms with Crippen molar-refractivity contribution in [2.75, 3.05) is 13.2 Å². The van der Waals surface area contributed by atoms with Gasteiger partial charge in [-0.3, -0.25) is 14.3 Å². The molecule has 2 aromatic carbocycles. The number of benzene rings is 2. The van der Waals surface area contributed by atoms with Crippen LogP contribution in [0.3, 0.4) is 0 Å². The minimum Gasteiger partial charge on any atom is -0.463 e. The van der Waals surface area contributed by atoms with Crippen molar-refractivity contribution in [3.05, 3.63) is 88.2 Å². The maximum Gasteiger partial charge on any atom is 0.262 e. The minimum absolute atomic E-state index is 0.00140. The number of nitrogens with zero attached hydrogens (tertiary/aromatic N) is 3. The number of amides is 1. The second-order valence-electron chi connectivity index (χ2n) is 10.7. The van der Waals surface area contributed by atoms with Crippen molar-refractivity contribution >= 4 is 27.8 Å². The van der Waals surface area contributed by atoms with Crippen LogP contribution in [0.15, 0.2) is 64.3 Å². The van der Waals surface area contributed by atoms with Crippen LogP contribution in [0.4, 0.5) is 8.78 Å². The molecule has 1 amide bonds. The maximum absolute atomic E-state index is 15.4. The molecule has 0 unspecified atom stereocenters. The number of hydrogen-bond donors (Lipinski definition) is 1. The summed E-state index contributed by atoms with van der Waals surface area (Å²) in [5, 5.41) is 8.28. The van der Waals surface area contributed by atoms with Crippen molar-refractivity contribution in [1.82, 2.24) is 19.7 Å². The van der Waals surface area contributed by atoms with E-state index in [4.69, 9.17) is 9.15 Å². The normalized spacial score (nSPS) is 16.5. The van der Waals surface area contributed by atoms with Crippen molar-refractivity contribution in [2.45, 2.75) is 25.4 Å². The zero-order chi connectivity index (χ0) is 26.9. The first-order valence-corrected chi connectivity index (χ1v) is 12.7. The summed E-state index contributed by atoms with van der Waals surface area (Å²) < 4.78 is 44.3. The van der Waals surface area contributed by atoms with E-state index in [-0.39, 0.29) is 40.1 Å². The molecule has 1 N–H and O–H groups in total. The predicted molar refractivity (Wildman–Crippen MR) is 139 cm³/mol. The summed E-state index contributed by atoms with van der Waals surface area (Å²) in [5.74, 6) is -1.98. The first-order valence-electron chi connectivity index (χ1n) is 12.7. The Balaban J connectivity index is 1.22. The zero-order valence-corrected chi connectivity index (χ0v) is 21.0. The summed E-state index contributed by atoms with van der Waals surface area (Å²) in [7, 11) is 1.78. The Labute approximate surface area is 220 Å². The van der Waals surface area contributed by atoms with Crippen molar-refractivity contribution in [3.63, 3.8) is 0 Å². The van der Waals surface area contributed by atoms with Crippen LogP contribution in [0.2, 0.25) is 0 Å². The van der Waals surface area contributed by atoms with Crippen molar-refractivity contribution in [2.24, 2.45) is 12.5 Å². The molecule has 2 fully saturated rings. The molecule has 0 atom stereocenters. The molecule has 0 radical (unpaired) electrons. The van der Waals surface area contributed by atoms with E-state index in [0.29, 0.717) is 29.9 Å². The fraction of sp³-hybridized carbons (Fsp3) is 0.276. The van der Waals surface area contributed by atoms with Gasteiger partial charge in [0.05, 0.1) is 42.5 Å². The summed E-state index contributed by atoms with van der Waals surface area (Å²) in [6, 6.07) is 9.36. The molecular formula is C29H24F2N4O4. The number of pyridine rings is 1. The van der Waals surface area contributed by atoms with E-state index in [1.165, 1.54) is 30.7 Å². The van der Waals surface area contributed by atoms with Gasteiger partial charge in [-0.25, -0.2) is 8.78 Å². The number of carbonyl (C=O) groups excluding carboxylic acids is 1. The van der Waals surface area contributed by atoms with Crippen LogP contribution in [0.1, 0.15) is 28.8 Å². The summed E-state index contributed by atoms with van der Waals surface area (Å²) in [6.45, 7) is 1.03. The van der Waals surface area contributed by atoms with E-state index in [1.54, 1.807) is 30.1 Å². The molecule has 1 saturated heterocycles. The SMILES string of the molecule is Cn1cc2c(-c3cc(F)c(Cn4cc(C(=O)NC5CC6(COC6)C5)c5occc5c4=O)c(F)c3)cccc2n1. The lowest BCUT2D eigenvalue weighted by molar-refractivity contribution is -0.165. The van der Waals surface area contributed by atoms with Gasteiger partial charge in [-0.2, -0.15) is 5.10 Å². The fourth-order valence-corrected chi connectivity index (χ4v) is 5.86. The Morgan fingerprint density at radius 3 is 2.62 bits per heavy atom. The Kier molecular flexibility index (Phi) is 5.25. The van der Waals surface area contributed by atoms with Gasteiger partial charge in [0.15, 0.2) is 5.58 Å². The van der Waals surface area contributed by atoms with E-state index < -0.39 is 23.1 Å². The van der Waals surface area contributed by atoms with Crippen LogP contribution in [-0.4, -0.2) is 39.5 Å². The van der Waals surface area contributed by atoms with Gasteiger partial charge in [-0.1, -0.05) is 12.1 Å². The molecule has 1 spiro atoms. The molecule has 3 aromatic heterocycles. The molecule has 198 valence electrons. The smallest absolute Gasteiger partial charge is 0.262 e. The van der Waals surface area contributed by atoms with Crippen LogP contribution in [0.5, 0.6) is 0 Å². The van der Waals surface area contributed by atoms with Gasteiger partial charge >= 0.3 is 0 Å². The van der Waals surface area contributed by atoms with Crippen LogP contribution in [0.25, 0.3) is 33.0 Å². The van der Waals surface area contributed by atoms with Gasteiger partial charge in [0.1, 0.15) is 11.6 Å². The van der Waals surface area contributed by atoms with Crippen molar-refractivity contribution in [3.8, 4) is 11.1 Å². The lowest BCUT2D eigenvalue weighted by Gasteiger charge is -2.53. The van der Waals surface area contributed by atoms with Crippen LogP contribution < -0.4 is 10.9 Å². The lowest BCUT2D eigenvalue weighted by Crippen LogP contribution is -2.59. The standard InChI is InChI=1S/C29H24F2N4O4/c1-34-11-20-18(3-2-4-25(20)33-34)16-7-23(30)21(24(31)8-16)12-35-13-22(26-19(28(35)37)5-6-39-26)27(36)32-17-9-29(10-17)14-38-15-29/h2-8,11,13,17H,9-10,12,14-15H2,1H3,(H,32,36). The Morgan fingerprint density at radius 2 is 1.90 bits per heavy atom. The number of ether oxygens (including phenoxy) is 1. The molecule has 1 saturated carbocycles. The third-order valence-corrected chi connectivity index (χ3v) is 7.89. The molecule has 2 aliphatic rings. The number of aryl methyl sites for hydroxylation is 1. The van der Waals surface area contributed by atoms with E-state index >= 15 is 8.78 Å². The number of aromatic nitrogens is 3. The summed E-state index contributed by atoms with van der Waals surface area (Å²) in [5.41, 5.74) is 1.39. The van der Waals surface area contributed by atoms with Crippen molar-refractivity contribution in [1.29, 1.82) is 0 Å². The number of carbonyl (C=O) groups is 1. The second-order valence-corrected chi connectivity index (χ2v) is 10.7. The van der Waals surface area contributed by atoms with Crippen LogP contribution in [-0.2, 0) is 18.3 Å². The van der Waals surface area contributed by atoms with E-state index in [0.717, 1.165) is 22.8 Å². The molecule has 7 rings (SSSR count). The highest BCUT2D eigenvalue weighted by atomic mass is 19.1. The average Bonchev–Trinajstić information content (AvgIpc) is 3.49. The van der Waals surface area contributed by atoms with Gasteiger partial charge in [0, 0.05) is 41.8 Å². The zero-order valence-electron chi connectivity index (χ0n) is 21.0. The molecule has 8 nitrogen and oxygen atoms in total. The summed E-state index contributed by atoms with van der Waals surface area (Å²) >= 11 is 0. The van der Waals surface area contributed by atoms with Gasteiger partial charge < -0.3 is 19.0 Å². The number of rotatable bonds is 5. The van der Waals surface area contributed by atoms with Gasteiger partial charge in [-0.05, 0) is 48.2 Å². The quantitative estimate of drug-likeness (QED) is 0.364. The number of halogens is 2. The molecule has 39 heavy (non-hydrogen) atoms. The van der Waals surface area contributed by atoms with Gasteiger partial charge in [0.25, 0.3) is 11.5 Å². The first-order chi connectivity index (χ1) is 18.8. The summed E-state index contributed by atoms with van der Waals surface area (Å²) in [4.78, 5) is 26.3. The summed E-state index contributed by atoms with van der Waals surface area (Å²) in [6.07, 6.45) is 6.09. The highest BCUT2D eigenvalue weighted by molar-refractivity contribution is 6.04. The predicted octanol–water partition coefficient (Wildman–Crippen LogP) is 4.38. The lowest BCUT2D eigenvalue weighted by atomic mass is 9.64. The highest BCUT2D eigenvalue weighted by Crippen LogP contribution is 2.47. The number of furan rings is 1. The third-order valence-electron chi connectivity index (χ3n) is 7.89.